The Morgan fingerprint density at radius 1 is 1.35 bits per heavy atom. The van der Waals surface area contributed by atoms with Crippen LogP contribution in [0.2, 0.25) is 5.02 Å². The molecule has 1 heterocycles. The molecule has 0 spiro atoms. The van der Waals surface area contributed by atoms with Gasteiger partial charge in [0.15, 0.2) is 23.1 Å². The van der Waals surface area contributed by atoms with Crippen molar-refractivity contribution >= 4 is 29.5 Å². The number of nitrogen functional groups attached to an aromatic ring is 1. The summed E-state index contributed by atoms with van der Waals surface area (Å²) in [5.74, 6) is -1.83. The Labute approximate surface area is 154 Å². The first-order valence-electron chi connectivity index (χ1n) is 7.50. The Hall–Kier alpha value is -2.87. The summed E-state index contributed by atoms with van der Waals surface area (Å²) in [6.45, 7) is 2.23. The lowest BCUT2D eigenvalue weighted by Crippen LogP contribution is -2.12. The van der Waals surface area contributed by atoms with Crippen LogP contribution in [0.1, 0.15) is 23.0 Å². The van der Waals surface area contributed by atoms with Gasteiger partial charge >= 0.3 is 5.97 Å². The smallest absolute Gasteiger partial charge is 0.357 e. The van der Waals surface area contributed by atoms with Gasteiger partial charge in [-0.3, -0.25) is 0 Å². The van der Waals surface area contributed by atoms with E-state index in [0.717, 1.165) is 0 Å². The van der Waals surface area contributed by atoms with E-state index in [1.807, 2.05) is 0 Å². The number of methoxy groups -OCH3 is 2. The minimum absolute atomic E-state index is 0.0246. The van der Waals surface area contributed by atoms with Gasteiger partial charge in [0.1, 0.15) is 5.82 Å². The van der Waals surface area contributed by atoms with Crippen LogP contribution < -0.4 is 10.5 Å². The summed E-state index contributed by atoms with van der Waals surface area (Å²) in [6.07, 6.45) is 2.79. The molecule has 0 radical (unpaired) electrons. The fourth-order valence-electron chi connectivity index (χ4n) is 2.13. The zero-order valence-corrected chi connectivity index (χ0v) is 15.1. The molecule has 9 heteroatoms. The molecule has 0 unspecified atom stereocenters. The number of anilines is 1. The summed E-state index contributed by atoms with van der Waals surface area (Å²) in [6, 6.07) is 2.80. The van der Waals surface area contributed by atoms with E-state index < -0.39 is 11.8 Å². The number of nitrogens with two attached hydrogens (primary N) is 1. The van der Waals surface area contributed by atoms with E-state index in [2.05, 4.69) is 9.97 Å². The minimum Gasteiger partial charge on any atom is -0.501 e. The predicted octanol–water partition coefficient (Wildman–Crippen LogP) is 3.32. The van der Waals surface area contributed by atoms with Crippen molar-refractivity contribution in [1.82, 2.24) is 9.97 Å². The second-order valence-corrected chi connectivity index (χ2v) is 5.29. The van der Waals surface area contributed by atoms with Crippen molar-refractivity contribution in [2.45, 2.75) is 6.92 Å². The Bertz CT molecular complexity index is 858. The molecule has 0 saturated heterocycles. The molecule has 2 rings (SSSR count). The van der Waals surface area contributed by atoms with Crippen molar-refractivity contribution < 1.29 is 23.4 Å². The lowest BCUT2D eigenvalue weighted by Gasteiger charge is -2.12. The Morgan fingerprint density at radius 2 is 2.08 bits per heavy atom. The molecular weight excluding hydrogens is 365 g/mol. The van der Waals surface area contributed by atoms with Crippen molar-refractivity contribution in [2.75, 3.05) is 26.6 Å². The van der Waals surface area contributed by atoms with Gasteiger partial charge in [0.25, 0.3) is 0 Å². The third kappa shape index (κ3) is 3.85. The first-order valence-corrected chi connectivity index (χ1v) is 7.88. The summed E-state index contributed by atoms with van der Waals surface area (Å²) in [4.78, 5) is 20.3. The van der Waals surface area contributed by atoms with Gasteiger partial charge in [-0.1, -0.05) is 11.6 Å². The Morgan fingerprint density at radius 3 is 2.69 bits per heavy atom. The van der Waals surface area contributed by atoms with Crippen LogP contribution in [0.15, 0.2) is 18.4 Å². The van der Waals surface area contributed by atoms with Gasteiger partial charge in [-0.2, -0.15) is 0 Å². The molecule has 0 aliphatic carbocycles. The summed E-state index contributed by atoms with van der Waals surface area (Å²) in [7, 11) is 2.48. The maximum absolute atomic E-state index is 14.6. The predicted molar refractivity (Wildman–Crippen MR) is 95.4 cm³/mol. The van der Waals surface area contributed by atoms with Crippen LogP contribution in [-0.4, -0.2) is 36.8 Å². The Balaban J connectivity index is 2.66. The normalized spacial score (nSPS) is 10.8. The number of aromatic nitrogens is 2. The van der Waals surface area contributed by atoms with Gasteiger partial charge in [0, 0.05) is 0 Å². The highest BCUT2D eigenvalue weighted by atomic mass is 35.5. The van der Waals surface area contributed by atoms with Crippen LogP contribution in [0.5, 0.6) is 5.75 Å². The molecule has 0 bridgehead atoms. The van der Waals surface area contributed by atoms with Gasteiger partial charge in [-0.05, 0) is 25.1 Å². The molecule has 138 valence electrons. The molecule has 1 aromatic heterocycles. The number of carbonyl (C=O) groups excluding carboxylic acids is 1. The fraction of sp³-hybridized carbons (Fsp3) is 0.235. The topological polar surface area (TPSA) is 96.6 Å². The number of ether oxygens (including phenoxy) is 3. The zero-order valence-electron chi connectivity index (χ0n) is 14.4. The molecule has 1 aromatic carbocycles. The summed E-state index contributed by atoms with van der Waals surface area (Å²) < 4.78 is 29.4. The second-order valence-electron chi connectivity index (χ2n) is 4.89. The van der Waals surface area contributed by atoms with Crippen molar-refractivity contribution in [2.24, 2.45) is 0 Å². The third-order valence-electron chi connectivity index (χ3n) is 3.35. The van der Waals surface area contributed by atoms with E-state index in [-0.39, 0.29) is 39.2 Å². The maximum atomic E-state index is 14.6. The maximum Gasteiger partial charge on any atom is 0.357 e. The number of esters is 1. The van der Waals surface area contributed by atoms with Gasteiger partial charge in [-0.25, -0.2) is 19.2 Å². The van der Waals surface area contributed by atoms with Crippen LogP contribution >= 0.6 is 11.6 Å². The van der Waals surface area contributed by atoms with Crippen LogP contribution in [0, 0.1) is 5.82 Å². The van der Waals surface area contributed by atoms with Crippen molar-refractivity contribution in [1.29, 1.82) is 0 Å². The third-order valence-corrected chi connectivity index (χ3v) is 3.64. The van der Waals surface area contributed by atoms with Gasteiger partial charge < -0.3 is 19.9 Å². The molecule has 0 atom stereocenters. The number of halogens is 2. The average Bonchev–Trinajstić information content (AvgIpc) is 2.62. The highest BCUT2D eigenvalue weighted by molar-refractivity contribution is 6.32. The summed E-state index contributed by atoms with van der Waals surface area (Å²) in [5, 5.41) is 0.0891. The SMILES string of the molecule is CCO/C=C/c1c(N)nc(-c2ccc(Cl)c(OC)c2F)nc1C(=O)OC. The molecule has 0 aliphatic heterocycles. The van der Waals surface area contributed by atoms with E-state index in [4.69, 9.17) is 31.5 Å². The Kier molecular flexibility index (Phi) is 6.35. The van der Waals surface area contributed by atoms with Crippen LogP contribution in [0.25, 0.3) is 17.5 Å². The molecule has 2 aromatic rings. The quantitative estimate of drug-likeness (QED) is 0.605. The van der Waals surface area contributed by atoms with Crippen LogP contribution in [0.4, 0.5) is 10.2 Å². The first-order chi connectivity index (χ1) is 12.4. The van der Waals surface area contributed by atoms with Crippen molar-refractivity contribution in [3.8, 4) is 17.1 Å². The van der Waals surface area contributed by atoms with E-state index in [9.17, 15) is 9.18 Å². The fourth-order valence-corrected chi connectivity index (χ4v) is 2.35. The van der Waals surface area contributed by atoms with E-state index in [0.29, 0.717) is 6.61 Å². The standard InChI is InChI=1S/C17H17ClFN3O4/c1-4-26-8-7-10-13(17(23)25-3)21-16(22-15(10)20)9-5-6-11(18)14(24-2)12(9)19/h5-8H,4H2,1-3H3,(H2,20,21,22)/b8-7+. The molecule has 2 N–H and O–H groups in total. The number of nitrogens with zero attached hydrogens (tertiary/aromatic N) is 2. The van der Waals surface area contributed by atoms with Gasteiger partial charge in [-0.15, -0.1) is 0 Å². The monoisotopic (exact) mass is 381 g/mol. The largest absolute Gasteiger partial charge is 0.501 e. The van der Waals surface area contributed by atoms with E-state index in [1.165, 1.54) is 38.7 Å². The van der Waals surface area contributed by atoms with Gasteiger partial charge in [0.2, 0.25) is 0 Å². The van der Waals surface area contributed by atoms with E-state index >= 15 is 0 Å². The molecule has 0 fully saturated rings. The molecule has 0 aliphatic rings. The minimum atomic E-state index is -0.771. The average molecular weight is 382 g/mol. The second kappa shape index (κ2) is 8.48. The highest BCUT2D eigenvalue weighted by Gasteiger charge is 2.22. The number of benzene rings is 1. The van der Waals surface area contributed by atoms with Crippen molar-refractivity contribution in [3.63, 3.8) is 0 Å². The number of hydrogen-bond donors (Lipinski definition) is 1. The molecule has 7 nitrogen and oxygen atoms in total. The first kappa shape index (κ1) is 19.5. The molecule has 26 heavy (non-hydrogen) atoms. The molecule has 0 saturated carbocycles. The summed E-state index contributed by atoms with van der Waals surface area (Å²) in [5.41, 5.74) is 5.99. The molecule has 0 amide bonds. The van der Waals surface area contributed by atoms with E-state index in [1.54, 1.807) is 6.92 Å². The van der Waals surface area contributed by atoms with Crippen LogP contribution in [-0.2, 0) is 9.47 Å². The lowest BCUT2D eigenvalue weighted by molar-refractivity contribution is 0.0593. The number of rotatable bonds is 6. The molecular formula is C17H17ClFN3O4. The summed E-state index contributed by atoms with van der Waals surface area (Å²) >= 11 is 5.89. The van der Waals surface area contributed by atoms with Gasteiger partial charge in [0.05, 0.1) is 43.2 Å². The number of hydrogen-bond acceptors (Lipinski definition) is 7. The number of carbonyl (C=O) groups is 1. The lowest BCUT2D eigenvalue weighted by atomic mass is 10.1. The van der Waals surface area contributed by atoms with Crippen LogP contribution in [0.3, 0.4) is 0 Å². The van der Waals surface area contributed by atoms with Crippen molar-refractivity contribution in [3.05, 3.63) is 40.5 Å². The zero-order chi connectivity index (χ0) is 19.3. The highest BCUT2D eigenvalue weighted by Crippen LogP contribution is 2.34.